The Morgan fingerprint density at radius 2 is 2.24 bits per heavy atom. The first-order chi connectivity index (χ1) is 12.0. The Labute approximate surface area is 141 Å². The Morgan fingerprint density at radius 1 is 1.44 bits per heavy atom. The Kier molecular flexibility index (Phi) is 4.27. The lowest BCUT2D eigenvalue weighted by Crippen LogP contribution is -2.18. The largest absolute Gasteiger partial charge is 0.444 e. The van der Waals surface area contributed by atoms with Crippen molar-refractivity contribution < 1.29 is 19.1 Å². The highest BCUT2D eigenvalue weighted by Gasteiger charge is 2.19. The number of anilines is 1. The van der Waals surface area contributed by atoms with Crippen LogP contribution in [0.5, 0.6) is 0 Å². The maximum Gasteiger partial charge on any atom is 0.277 e. The summed E-state index contributed by atoms with van der Waals surface area (Å²) in [6, 6.07) is 3.23. The molecule has 3 aromatic heterocycles. The summed E-state index contributed by atoms with van der Waals surface area (Å²) in [4.78, 5) is 31.7. The predicted molar refractivity (Wildman–Crippen MR) is 85.3 cm³/mol. The Balaban J connectivity index is 1.82. The zero-order valence-electron chi connectivity index (χ0n) is 13.1. The van der Waals surface area contributed by atoms with Crippen LogP contribution in [-0.2, 0) is 13.7 Å². The van der Waals surface area contributed by atoms with Gasteiger partial charge in [-0.15, -0.1) is 0 Å². The van der Waals surface area contributed by atoms with Gasteiger partial charge in [0.25, 0.3) is 11.8 Å². The van der Waals surface area contributed by atoms with Crippen molar-refractivity contribution in [1.29, 1.82) is 0 Å². The van der Waals surface area contributed by atoms with Crippen molar-refractivity contribution in [2.45, 2.75) is 6.61 Å². The van der Waals surface area contributed by atoms with E-state index in [0.29, 0.717) is 11.3 Å². The van der Waals surface area contributed by atoms with E-state index in [0.717, 1.165) is 0 Å². The number of primary amides is 1. The molecule has 10 nitrogen and oxygen atoms in total. The molecule has 0 spiro atoms. The maximum atomic E-state index is 12.3. The molecule has 0 fully saturated rings. The summed E-state index contributed by atoms with van der Waals surface area (Å²) >= 11 is 0. The standard InChI is InChI=1S/C15H14N6O4/c1-21-5-10(12(20-21)13(16)23)18-14(24)11-7-25-15(19-11)8-2-3-17-9(4-8)6-22/h2-5,7,22H,6H2,1H3,(H2,16,23)(H,18,24). The van der Waals surface area contributed by atoms with Crippen LogP contribution in [0, 0.1) is 0 Å². The molecule has 0 aliphatic rings. The van der Waals surface area contributed by atoms with Gasteiger partial charge in [0.05, 0.1) is 18.0 Å². The molecule has 3 rings (SSSR count). The Morgan fingerprint density at radius 3 is 2.96 bits per heavy atom. The maximum absolute atomic E-state index is 12.3. The number of aliphatic hydroxyl groups is 1. The third-order valence-corrected chi connectivity index (χ3v) is 3.27. The first-order valence-corrected chi connectivity index (χ1v) is 7.14. The van der Waals surface area contributed by atoms with E-state index in [1.807, 2.05) is 0 Å². The summed E-state index contributed by atoms with van der Waals surface area (Å²) in [6.45, 7) is -0.223. The molecule has 128 valence electrons. The Hall–Kier alpha value is -3.53. The quantitative estimate of drug-likeness (QED) is 0.604. The summed E-state index contributed by atoms with van der Waals surface area (Å²) in [5.74, 6) is -1.14. The number of nitrogens with two attached hydrogens (primary N) is 1. The average molecular weight is 342 g/mol. The lowest BCUT2D eigenvalue weighted by molar-refractivity contribution is 0.0995. The second-order valence-corrected chi connectivity index (χ2v) is 5.12. The van der Waals surface area contributed by atoms with E-state index in [2.05, 4.69) is 20.4 Å². The molecule has 10 heteroatoms. The second-order valence-electron chi connectivity index (χ2n) is 5.12. The highest BCUT2D eigenvalue weighted by Crippen LogP contribution is 2.20. The molecule has 3 aromatic rings. The van der Waals surface area contributed by atoms with Crippen molar-refractivity contribution in [2.24, 2.45) is 12.8 Å². The van der Waals surface area contributed by atoms with Crippen molar-refractivity contribution in [3.63, 3.8) is 0 Å². The van der Waals surface area contributed by atoms with Crippen molar-refractivity contribution in [2.75, 3.05) is 5.32 Å². The van der Waals surface area contributed by atoms with Gasteiger partial charge in [0.1, 0.15) is 6.26 Å². The van der Waals surface area contributed by atoms with E-state index in [4.69, 9.17) is 15.3 Å². The topological polar surface area (TPSA) is 149 Å². The van der Waals surface area contributed by atoms with Crippen LogP contribution in [0.15, 0.2) is 35.2 Å². The minimum atomic E-state index is -0.759. The molecule has 0 radical (unpaired) electrons. The number of hydrogen-bond acceptors (Lipinski definition) is 7. The fraction of sp³-hybridized carbons (Fsp3) is 0.133. The molecule has 25 heavy (non-hydrogen) atoms. The van der Waals surface area contributed by atoms with Gasteiger partial charge in [-0.2, -0.15) is 5.10 Å². The van der Waals surface area contributed by atoms with Crippen LogP contribution >= 0.6 is 0 Å². The van der Waals surface area contributed by atoms with Crippen LogP contribution in [0.1, 0.15) is 26.7 Å². The zero-order chi connectivity index (χ0) is 18.0. The van der Waals surface area contributed by atoms with Gasteiger partial charge in [-0.1, -0.05) is 0 Å². The number of aryl methyl sites for hydroxylation is 1. The van der Waals surface area contributed by atoms with E-state index in [1.165, 1.54) is 23.3 Å². The van der Waals surface area contributed by atoms with E-state index < -0.39 is 11.8 Å². The number of oxazole rings is 1. The van der Waals surface area contributed by atoms with Gasteiger partial charge in [-0.3, -0.25) is 19.3 Å². The highest BCUT2D eigenvalue weighted by atomic mass is 16.3. The van der Waals surface area contributed by atoms with E-state index in [-0.39, 0.29) is 29.6 Å². The molecule has 0 aliphatic carbocycles. The molecule has 0 aromatic carbocycles. The van der Waals surface area contributed by atoms with Crippen LogP contribution in [-0.4, -0.2) is 36.7 Å². The van der Waals surface area contributed by atoms with Gasteiger partial charge in [-0.05, 0) is 12.1 Å². The van der Waals surface area contributed by atoms with Crippen molar-refractivity contribution >= 4 is 17.5 Å². The second kappa shape index (κ2) is 6.53. The van der Waals surface area contributed by atoms with Crippen LogP contribution in [0.3, 0.4) is 0 Å². The predicted octanol–water partition coefficient (Wildman–Crippen LogP) is 0.314. The summed E-state index contributed by atoms with van der Waals surface area (Å²) in [5, 5.41) is 15.5. The summed E-state index contributed by atoms with van der Waals surface area (Å²) < 4.78 is 6.66. The van der Waals surface area contributed by atoms with E-state index >= 15 is 0 Å². The lowest BCUT2D eigenvalue weighted by Gasteiger charge is -2.00. The molecule has 0 aliphatic heterocycles. The number of carbonyl (C=O) groups is 2. The molecule has 3 heterocycles. The molecule has 0 unspecified atom stereocenters. The van der Waals surface area contributed by atoms with Crippen molar-refractivity contribution in [1.82, 2.24) is 19.7 Å². The first-order valence-electron chi connectivity index (χ1n) is 7.14. The van der Waals surface area contributed by atoms with Gasteiger partial charge >= 0.3 is 0 Å². The van der Waals surface area contributed by atoms with Crippen molar-refractivity contribution in [3.8, 4) is 11.5 Å². The minimum Gasteiger partial charge on any atom is -0.444 e. The minimum absolute atomic E-state index is 0.0108. The summed E-state index contributed by atoms with van der Waals surface area (Å²) in [6.07, 6.45) is 4.14. The average Bonchev–Trinajstić information content (AvgIpc) is 3.22. The Bertz CT molecular complexity index is 945. The number of nitrogens with zero attached hydrogens (tertiary/aromatic N) is 4. The fourth-order valence-electron chi connectivity index (χ4n) is 2.16. The number of amides is 2. The van der Waals surface area contributed by atoms with Gasteiger partial charge < -0.3 is 20.6 Å². The smallest absolute Gasteiger partial charge is 0.277 e. The third-order valence-electron chi connectivity index (χ3n) is 3.27. The number of pyridine rings is 1. The van der Waals surface area contributed by atoms with E-state index in [9.17, 15) is 9.59 Å². The SMILES string of the molecule is Cn1cc(NC(=O)c2coc(-c3ccnc(CO)c3)n2)c(C(N)=O)n1. The first kappa shape index (κ1) is 16.3. The third kappa shape index (κ3) is 3.38. The lowest BCUT2D eigenvalue weighted by atomic mass is 10.2. The van der Waals surface area contributed by atoms with E-state index in [1.54, 1.807) is 19.2 Å². The molecule has 4 N–H and O–H groups in total. The number of carbonyl (C=O) groups excluding carboxylic acids is 2. The number of aromatic nitrogens is 4. The number of rotatable bonds is 5. The van der Waals surface area contributed by atoms with Crippen LogP contribution < -0.4 is 11.1 Å². The molecule has 0 saturated carbocycles. The monoisotopic (exact) mass is 342 g/mol. The van der Waals surface area contributed by atoms with Crippen LogP contribution in [0.2, 0.25) is 0 Å². The normalized spacial score (nSPS) is 10.6. The molecule has 0 saturated heterocycles. The highest BCUT2D eigenvalue weighted by molar-refractivity contribution is 6.07. The van der Waals surface area contributed by atoms with Crippen LogP contribution in [0.25, 0.3) is 11.5 Å². The zero-order valence-corrected chi connectivity index (χ0v) is 13.1. The molecular weight excluding hydrogens is 328 g/mol. The fourth-order valence-corrected chi connectivity index (χ4v) is 2.16. The van der Waals surface area contributed by atoms with Crippen LogP contribution in [0.4, 0.5) is 5.69 Å². The number of aliphatic hydroxyl groups excluding tert-OH is 1. The summed E-state index contributed by atoms with van der Waals surface area (Å²) in [7, 11) is 1.60. The molecule has 0 bridgehead atoms. The molecular formula is C15H14N6O4. The summed E-state index contributed by atoms with van der Waals surface area (Å²) in [5.41, 5.74) is 6.37. The molecule has 2 amide bonds. The van der Waals surface area contributed by atoms with Gasteiger partial charge in [-0.25, -0.2) is 4.98 Å². The van der Waals surface area contributed by atoms with Crippen molar-refractivity contribution in [3.05, 3.63) is 47.9 Å². The molecule has 0 atom stereocenters. The number of nitrogens with one attached hydrogen (secondary N) is 1. The van der Waals surface area contributed by atoms with Gasteiger partial charge in [0, 0.05) is 25.0 Å². The van der Waals surface area contributed by atoms with Gasteiger partial charge in [0.2, 0.25) is 5.89 Å². The number of hydrogen-bond donors (Lipinski definition) is 3. The van der Waals surface area contributed by atoms with Gasteiger partial charge in [0.15, 0.2) is 11.4 Å².